The van der Waals surface area contributed by atoms with Gasteiger partial charge in [-0.25, -0.2) is 9.97 Å². The van der Waals surface area contributed by atoms with Crippen molar-refractivity contribution in [3.8, 4) is 6.07 Å². The number of nitriles is 1. The highest BCUT2D eigenvalue weighted by atomic mass is 35.5. The molecule has 84 valence electrons. The summed E-state index contributed by atoms with van der Waals surface area (Å²) in [6, 6.07) is 1.86. The van der Waals surface area contributed by atoms with Crippen LogP contribution in [0.15, 0.2) is 12.4 Å². The van der Waals surface area contributed by atoms with Gasteiger partial charge in [0, 0.05) is 13.1 Å². The van der Waals surface area contributed by atoms with Gasteiger partial charge in [-0.3, -0.25) is 4.79 Å². The summed E-state index contributed by atoms with van der Waals surface area (Å²) >= 11 is 5.57. The zero-order chi connectivity index (χ0) is 12.1. The number of amides is 1. The van der Waals surface area contributed by atoms with Crippen molar-refractivity contribution in [3.05, 3.63) is 23.2 Å². The maximum atomic E-state index is 11.8. The molecule has 0 fully saturated rings. The predicted molar refractivity (Wildman–Crippen MR) is 58.8 cm³/mol. The van der Waals surface area contributed by atoms with Gasteiger partial charge in [0.15, 0.2) is 0 Å². The van der Waals surface area contributed by atoms with Crippen molar-refractivity contribution in [3.63, 3.8) is 0 Å². The summed E-state index contributed by atoms with van der Waals surface area (Å²) < 4.78 is 0. The first-order valence-electron chi connectivity index (χ1n) is 4.68. The smallest absolute Gasteiger partial charge is 0.274 e. The van der Waals surface area contributed by atoms with Crippen LogP contribution in [0.2, 0.25) is 5.15 Å². The molecule has 1 aromatic heterocycles. The van der Waals surface area contributed by atoms with Crippen LogP contribution in [-0.2, 0) is 0 Å². The third-order valence-electron chi connectivity index (χ3n) is 2.21. The fraction of sp³-hybridized carbons (Fsp3) is 0.400. The van der Waals surface area contributed by atoms with E-state index in [0.717, 1.165) is 0 Å². The minimum absolute atomic E-state index is 0.157. The van der Waals surface area contributed by atoms with Crippen LogP contribution in [0.5, 0.6) is 0 Å². The van der Waals surface area contributed by atoms with Crippen molar-refractivity contribution in [1.29, 1.82) is 5.26 Å². The Morgan fingerprint density at radius 2 is 2.31 bits per heavy atom. The Balaban J connectivity index is 2.78. The molecule has 0 aliphatic rings. The van der Waals surface area contributed by atoms with E-state index in [2.05, 4.69) is 9.97 Å². The molecule has 0 bridgehead atoms. The average molecular weight is 239 g/mol. The van der Waals surface area contributed by atoms with Crippen LogP contribution in [0.4, 0.5) is 0 Å². The molecule has 1 aromatic rings. The van der Waals surface area contributed by atoms with Gasteiger partial charge in [-0.05, 0) is 6.92 Å². The lowest BCUT2D eigenvalue weighted by atomic mass is 10.2. The normalized spacial score (nSPS) is 11.6. The van der Waals surface area contributed by atoms with Crippen LogP contribution in [0.25, 0.3) is 0 Å². The molecule has 0 aliphatic heterocycles. The summed E-state index contributed by atoms with van der Waals surface area (Å²) in [6.45, 7) is 1.80. The minimum atomic E-state index is -0.271. The number of aromatic nitrogens is 2. The van der Waals surface area contributed by atoms with Crippen molar-refractivity contribution >= 4 is 17.5 Å². The molecule has 1 amide bonds. The van der Waals surface area contributed by atoms with E-state index in [9.17, 15) is 4.79 Å². The maximum Gasteiger partial charge on any atom is 0.274 e. The largest absolute Gasteiger partial charge is 0.337 e. The average Bonchev–Trinajstić information content (AvgIpc) is 2.28. The Labute approximate surface area is 98.7 Å². The van der Waals surface area contributed by atoms with Gasteiger partial charge in [-0.1, -0.05) is 11.6 Å². The molecule has 0 spiro atoms. The third-order valence-corrected chi connectivity index (χ3v) is 2.40. The Morgan fingerprint density at radius 1 is 1.62 bits per heavy atom. The number of carbonyl (C=O) groups excluding carboxylic acids is 1. The summed E-state index contributed by atoms with van der Waals surface area (Å²) in [5, 5.41) is 8.78. The molecule has 0 radical (unpaired) electrons. The molecule has 0 saturated heterocycles. The van der Waals surface area contributed by atoms with Gasteiger partial charge in [-0.15, -0.1) is 0 Å². The minimum Gasteiger partial charge on any atom is -0.337 e. The van der Waals surface area contributed by atoms with E-state index in [4.69, 9.17) is 16.9 Å². The lowest BCUT2D eigenvalue weighted by molar-refractivity contribution is 0.0740. The standard InChI is InChI=1S/C10H11ClN4O/c1-7(3-4-12)15(2)10(16)8-5-14-9(11)6-13-8/h5-7H,3H2,1-2H3. The molecule has 0 N–H and O–H groups in total. The van der Waals surface area contributed by atoms with Crippen molar-refractivity contribution < 1.29 is 4.79 Å². The summed E-state index contributed by atoms with van der Waals surface area (Å²) in [4.78, 5) is 21.0. The summed E-state index contributed by atoms with van der Waals surface area (Å²) in [7, 11) is 1.63. The quantitative estimate of drug-likeness (QED) is 0.800. The molecular weight excluding hydrogens is 228 g/mol. The van der Waals surface area contributed by atoms with Gasteiger partial charge >= 0.3 is 0 Å². The van der Waals surface area contributed by atoms with Crippen molar-refractivity contribution in [2.24, 2.45) is 0 Å². The Kier molecular flexibility index (Phi) is 4.20. The zero-order valence-electron chi connectivity index (χ0n) is 9.01. The molecule has 1 rings (SSSR count). The van der Waals surface area contributed by atoms with Crippen LogP contribution in [0, 0.1) is 11.3 Å². The summed E-state index contributed by atoms with van der Waals surface area (Å²) in [6.07, 6.45) is 2.92. The van der Waals surface area contributed by atoms with Gasteiger partial charge in [0.25, 0.3) is 5.91 Å². The topological polar surface area (TPSA) is 69.9 Å². The SMILES string of the molecule is CC(CC#N)N(C)C(=O)c1cnc(Cl)cn1. The van der Waals surface area contributed by atoms with E-state index in [1.807, 2.05) is 6.07 Å². The Hall–Kier alpha value is -1.67. The second kappa shape index (κ2) is 5.42. The van der Waals surface area contributed by atoms with Crippen LogP contribution >= 0.6 is 11.6 Å². The molecule has 0 aromatic carbocycles. The first kappa shape index (κ1) is 12.4. The van der Waals surface area contributed by atoms with E-state index < -0.39 is 0 Å². The van der Waals surface area contributed by atoms with E-state index in [1.54, 1.807) is 14.0 Å². The fourth-order valence-corrected chi connectivity index (χ4v) is 1.17. The van der Waals surface area contributed by atoms with E-state index in [-0.39, 0.29) is 29.2 Å². The van der Waals surface area contributed by atoms with Crippen LogP contribution in [-0.4, -0.2) is 33.9 Å². The van der Waals surface area contributed by atoms with E-state index in [1.165, 1.54) is 17.3 Å². The maximum absolute atomic E-state index is 11.8. The Morgan fingerprint density at radius 3 is 2.81 bits per heavy atom. The van der Waals surface area contributed by atoms with Crippen LogP contribution < -0.4 is 0 Å². The molecule has 5 nitrogen and oxygen atoms in total. The number of nitrogens with zero attached hydrogens (tertiary/aromatic N) is 4. The fourth-order valence-electron chi connectivity index (χ4n) is 1.07. The van der Waals surface area contributed by atoms with Gasteiger partial charge in [0.2, 0.25) is 0 Å². The highest BCUT2D eigenvalue weighted by Crippen LogP contribution is 2.07. The molecule has 1 unspecified atom stereocenters. The van der Waals surface area contributed by atoms with E-state index >= 15 is 0 Å². The van der Waals surface area contributed by atoms with Gasteiger partial charge in [0.05, 0.1) is 24.9 Å². The molecule has 0 aliphatic carbocycles. The van der Waals surface area contributed by atoms with Crippen molar-refractivity contribution in [2.75, 3.05) is 7.05 Å². The second-order valence-electron chi connectivity index (χ2n) is 3.35. The molecule has 1 heterocycles. The van der Waals surface area contributed by atoms with Crippen molar-refractivity contribution in [2.45, 2.75) is 19.4 Å². The molecular formula is C10H11ClN4O. The predicted octanol–water partition coefficient (Wildman–Crippen LogP) is 1.50. The molecule has 0 saturated carbocycles. The highest BCUT2D eigenvalue weighted by molar-refractivity contribution is 6.29. The lowest BCUT2D eigenvalue weighted by Crippen LogP contribution is -2.35. The summed E-state index contributed by atoms with van der Waals surface area (Å²) in [5.74, 6) is -0.271. The molecule has 16 heavy (non-hydrogen) atoms. The number of hydrogen-bond acceptors (Lipinski definition) is 4. The van der Waals surface area contributed by atoms with Crippen LogP contribution in [0.1, 0.15) is 23.8 Å². The number of carbonyl (C=O) groups is 1. The number of hydrogen-bond donors (Lipinski definition) is 0. The number of rotatable bonds is 3. The van der Waals surface area contributed by atoms with E-state index in [0.29, 0.717) is 0 Å². The zero-order valence-corrected chi connectivity index (χ0v) is 9.77. The van der Waals surface area contributed by atoms with Gasteiger partial charge in [-0.2, -0.15) is 5.26 Å². The van der Waals surface area contributed by atoms with Crippen molar-refractivity contribution in [1.82, 2.24) is 14.9 Å². The third kappa shape index (κ3) is 2.91. The van der Waals surface area contributed by atoms with Gasteiger partial charge < -0.3 is 4.90 Å². The molecule has 6 heteroatoms. The first-order chi connectivity index (χ1) is 7.56. The number of halogens is 1. The Bertz CT molecular complexity index is 412. The van der Waals surface area contributed by atoms with Gasteiger partial charge in [0.1, 0.15) is 10.8 Å². The lowest BCUT2D eigenvalue weighted by Gasteiger charge is -2.22. The highest BCUT2D eigenvalue weighted by Gasteiger charge is 2.18. The first-order valence-corrected chi connectivity index (χ1v) is 5.05. The monoisotopic (exact) mass is 238 g/mol. The van der Waals surface area contributed by atoms with Crippen LogP contribution in [0.3, 0.4) is 0 Å². The summed E-state index contributed by atoms with van der Waals surface area (Å²) in [5.41, 5.74) is 0.219. The second-order valence-corrected chi connectivity index (χ2v) is 3.74. The molecule has 1 atom stereocenters.